The minimum absolute atomic E-state index is 0.0169. The van der Waals surface area contributed by atoms with Crippen molar-refractivity contribution in [3.63, 3.8) is 0 Å². The van der Waals surface area contributed by atoms with Gasteiger partial charge in [-0.1, -0.05) is 0 Å². The molecule has 3 aromatic rings. The monoisotopic (exact) mass is 533 g/mol. The molecular formula is C21H13BrFN3O6S. The Labute approximate surface area is 195 Å². The highest BCUT2D eigenvalue weighted by molar-refractivity contribution is 9.10. The summed E-state index contributed by atoms with van der Waals surface area (Å²) in [5.74, 6) is -2.82. The molecular weight excluding hydrogens is 521 g/mol. The van der Waals surface area contributed by atoms with Gasteiger partial charge in [0.15, 0.2) is 11.6 Å². The zero-order valence-corrected chi connectivity index (χ0v) is 19.1. The Bertz CT molecular complexity index is 1470. The van der Waals surface area contributed by atoms with Gasteiger partial charge >= 0.3 is 5.97 Å². The largest absolute Gasteiger partial charge is 0.505 e. The van der Waals surface area contributed by atoms with Gasteiger partial charge in [0.2, 0.25) is 0 Å². The second-order valence-electron chi connectivity index (χ2n) is 6.86. The number of pyridine rings is 1. The Balaban J connectivity index is 2.05. The number of halogens is 2. The van der Waals surface area contributed by atoms with E-state index < -0.39 is 38.2 Å². The van der Waals surface area contributed by atoms with Crippen molar-refractivity contribution in [3.8, 4) is 28.7 Å². The third kappa shape index (κ3) is 4.08. The van der Waals surface area contributed by atoms with Crippen LogP contribution in [0.25, 0.3) is 11.1 Å². The van der Waals surface area contributed by atoms with Gasteiger partial charge in [0.05, 0.1) is 22.8 Å². The fourth-order valence-corrected chi connectivity index (χ4v) is 5.07. The van der Waals surface area contributed by atoms with Crippen LogP contribution in [0.5, 0.6) is 11.5 Å². The van der Waals surface area contributed by atoms with Crippen molar-refractivity contribution in [1.82, 2.24) is 4.98 Å². The van der Waals surface area contributed by atoms with Crippen LogP contribution in [0.4, 0.5) is 10.1 Å². The van der Waals surface area contributed by atoms with Gasteiger partial charge in [-0.25, -0.2) is 22.6 Å². The number of nitrogens with one attached hydrogen (secondary N) is 1. The van der Waals surface area contributed by atoms with Crippen molar-refractivity contribution in [1.29, 1.82) is 5.26 Å². The van der Waals surface area contributed by atoms with E-state index in [0.717, 1.165) is 19.2 Å². The highest BCUT2D eigenvalue weighted by Gasteiger charge is 2.27. The number of carbonyl (C=O) groups excluding carboxylic acids is 1. The number of fused-ring (bicyclic) bond motifs is 6. The van der Waals surface area contributed by atoms with Crippen molar-refractivity contribution in [3.05, 3.63) is 63.6 Å². The Kier molecular flexibility index (Phi) is 5.69. The van der Waals surface area contributed by atoms with Gasteiger partial charge in [-0.2, -0.15) is 5.26 Å². The van der Waals surface area contributed by atoms with E-state index in [1.165, 1.54) is 24.4 Å². The number of ether oxygens (including phenoxy) is 2. The summed E-state index contributed by atoms with van der Waals surface area (Å²) in [7, 11) is -3.36. The molecule has 0 spiro atoms. The van der Waals surface area contributed by atoms with Crippen LogP contribution in [0, 0.1) is 17.1 Å². The first kappa shape index (κ1) is 22.5. The summed E-state index contributed by atoms with van der Waals surface area (Å²) in [5.41, 5.74) is 0.411. The molecule has 2 heterocycles. The summed E-state index contributed by atoms with van der Waals surface area (Å²) in [6.07, 6.45) is 1.31. The molecule has 0 saturated carbocycles. The fourth-order valence-electron chi connectivity index (χ4n) is 3.28. The van der Waals surface area contributed by atoms with Crippen LogP contribution in [0.15, 0.2) is 45.9 Å². The molecule has 0 radical (unpaired) electrons. The van der Waals surface area contributed by atoms with Crippen LogP contribution in [-0.4, -0.2) is 31.6 Å². The van der Waals surface area contributed by atoms with Gasteiger partial charge < -0.3 is 14.6 Å². The highest BCUT2D eigenvalue weighted by Crippen LogP contribution is 2.39. The molecule has 4 bridgehead atoms. The summed E-state index contributed by atoms with van der Waals surface area (Å²) >= 11 is 3.03. The van der Waals surface area contributed by atoms with Crippen molar-refractivity contribution >= 4 is 37.6 Å². The summed E-state index contributed by atoms with van der Waals surface area (Å²) in [6, 6.07) is 7.77. The number of hydrogen-bond acceptors (Lipinski definition) is 8. The molecule has 1 aliphatic heterocycles. The van der Waals surface area contributed by atoms with Gasteiger partial charge in [-0.15, -0.1) is 0 Å². The molecule has 2 N–H and O–H groups in total. The van der Waals surface area contributed by atoms with Crippen LogP contribution in [-0.2, 0) is 21.4 Å². The Morgan fingerprint density at radius 1 is 1.27 bits per heavy atom. The Hall–Kier alpha value is -3.69. The molecule has 0 unspecified atom stereocenters. The number of rotatable bonds is 1. The van der Waals surface area contributed by atoms with Crippen LogP contribution < -0.4 is 9.46 Å². The Morgan fingerprint density at radius 2 is 2.03 bits per heavy atom. The van der Waals surface area contributed by atoms with Gasteiger partial charge in [0.25, 0.3) is 10.0 Å². The molecule has 33 heavy (non-hydrogen) atoms. The molecule has 1 aliphatic rings. The molecule has 0 aliphatic carbocycles. The van der Waals surface area contributed by atoms with Gasteiger partial charge in [0.1, 0.15) is 29.0 Å². The number of esters is 1. The molecule has 0 saturated heterocycles. The van der Waals surface area contributed by atoms with Crippen LogP contribution >= 0.6 is 15.9 Å². The molecule has 1 aromatic heterocycles. The summed E-state index contributed by atoms with van der Waals surface area (Å²) in [4.78, 5) is 16.0. The zero-order valence-electron chi connectivity index (χ0n) is 16.7. The van der Waals surface area contributed by atoms with Crippen LogP contribution in [0.2, 0.25) is 0 Å². The number of carbonyl (C=O) groups is 1. The lowest BCUT2D eigenvalue weighted by molar-refractivity contribution is 0.0472. The lowest BCUT2D eigenvalue weighted by Crippen LogP contribution is -2.15. The second kappa shape index (κ2) is 8.34. The van der Waals surface area contributed by atoms with E-state index in [4.69, 9.17) is 9.47 Å². The molecule has 9 nitrogen and oxygen atoms in total. The lowest BCUT2D eigenvalue weighted by atomic mass is 10.00. The number of phenolic OH excluding ortho intramolecular Hbond substituents is 1. The molecule has 0 fully saturated rings. The van der Waals surface area contributed by atoms with Crippen molar-refractivity contribution in [2.24, 2.45) is 0 Å². The number of anilines is 1. The highest BCUT2D eigenvalue weighted by atomic mass is 79.9. The van der Waals surface area contributed by atoms with Gasteiger partial charge in [0, 0.05) is 11.8 Å². The van der Waals surface area contributed by atoms with Gasteiger partial charge in [-0.05, 0) is 57.4 Å². The van der Waals surface area contributed by atoms with E-state index in [1.54, 1.807) is 0 Å². The van der Waals surface area contributed by atoms with Gasteiger partial charge in [-0.3, -0.25) is 4.72 Å². The standard InChI is InChI=1S/C21H13BrFN3O6S/c1-31-20-16(23)3-10-4-17(20)26-33(29,30)18-5-11(2-15(22)19(18)27)21(28)32-9-12-8-25-13(7-24)6-14(10)12/h2-6,8,26-27H,9H2,1H3. The minimum Gasteiger partial charge on any atom is -0.505 e. The summed E-state index contributed by atoms with van der Waals surface area (Å²) in [5, 5.41) is 19.6. The third-order valence-corrected chi connectivity index (χ3v) is 6.80. The normalized spacial score (nSPS) is 14.3. The number of benzene rings is 2. The average Bonchev–Trinajstić information content (AvgIpc) is 2.78. The lowest BCUT2D eigenvalue weighted by Gasteiger charge is -2.16. The van der Waals surface area contributed by atoms with E-state index in [1.807, 2.05) is 6.07 Å². The second-order valence-corrected chi connectivity index (χ2v) is 9.37. The van der Waals surface area contributed by atoms with Crippen molar-refractivity contribution in [2.75, 3.05) is 11.8 Å². The molecule has 0 amide bonds. The van der Waals surface area contributed by atoms with Crippen LogP contribution in [0.3, 0.4) is 0 Å². The van der Waals surface area contributed by atoms with E-state index in [9.17, 15) is 28.0 Å². The number of nitrogens with zero attached hydrogens (tertiary/aromatic N) is 2. The van der Waals surface area contributed by atoms with E-state index in [0.29, 0.717) is 11.1 Å². The maximum absolute atomic E-state index is 14.9. The molecule has 12 heteroatoms. The van der Waals surface area contributed by atoms with Crippen LogP contribution in [0.1, 0.15) is 21.6 Å². The van der Waals surface area contributed by atoms with Crippen molar-refractivity contribution in [2.45, 2.75) is 11.5 Å². The predicted octanol–water partition coefficient (Wildman–Crippen LogP) is 3.71. The molecule has 0 atom stereocenters. The van der Waals surface area contributed by atoms with Crippen molar-refractivity contribution < 1.29 is 32.2 Å². The summed E-state index contributed by atoms with van der Waals surface area (Å²) in [6.45, 7) is -0.302. The SMILES string of the molecule is COc1c(F)cc2cc1NS(=O)(=O)c1cc(cc(Br)c1O)C(=O)OCc1cnc(C#N)cc1-2. The third-order valence-electron chi connectivity index (χ3n) is 4.82. The predicted molar refractivity (Wildman–Crippen MR) is 117 cm³/mol. The zero-order chi connectivity index (χ0) is 23.9. The number of methoxy groups -OCH3 is 1. The fraction of sp³-hybridized carbons (Fsp3) is 0.0952. The number of phenols is 1. The smallest absolute Gasteiger partial charge is 0.338 e. The molecule has 168 valence electrons. The van der Waals surface area contributed by atoms with E-state index in [2.05, 4.69) is 25.6 Å². The maximum atomic E-state index is 14.9. The van der Waals surface area contributed by atoms with E-state index in [-0.39, 0.29) is 33.6 Å². The number of hydrogen-bond donors (Lipinski definition) is 2. The first-order valence-electron chi connectivity index (χ1n) is 9.14. The first-order chi connectivity index (χ1) is 15.6. The Morgan fingerprint density at radius 3 is 2.73 bits per heavy atom. The number of nitriles is 1. The topological polar surface area (TPSA) is 139 Å². The minimum atomic E-state index is -4.52. The summed E-state index contributed by atoms with van der Waals surface area (Å²) < 4.78 is 53.6. The van der Waals surface area contributed by atoms with E-state index >= 15 is 0 Å². The number of aromatic nitrogens is 1. The number of cyclic esters (lactones) is 1. The number of aromatic hydroxyl groups is 1. The molecule has 2 aromatic carbocycles. The molecule has 4 rings (SSSR count). The first-order valence-corrected chi connectivity index (χ1v) is 11.4. The number of sulfonamides is 1. The maximum Gasteiger partial charge on any atom is 0.338 e. The quantitative estimate of drug-likeness (QED) is 0.451. The average molecular weight is 534 g/mol.